The van der Waals surface area contributed by atoms with E-state index in [4.69, 9.17) is 21.1 Å². The zero-order valence-electron chi connectivity index (χ0n) is 19.6. The van der Waals surface area contributed by atoms with Gasteiger partial charge in [-0.25, -0.2) is 5.43 Å². The highest BCUT2D eigenvalue weighted by atomic mass is 35.5. The molecule has 1 atom stereocenters. The predicted octanol–water partition coefficient (Wildman–Crippen LogP) is 4.82. The summed E-state index contributed by atoms with van der Waals surface area (Å²) in [6.07, 6.45) is 3.53. The van der Waals surface area contributed by atoms with Gasteiger partial charge in [0.2, 0.25) is 0 Å². The first-order chi connectivity index (χ1) is 15.8. The Morgan fingerprint density at radius 1 is 1.09 bits per heavy atom. The Balaban J connectivity index is 2.03. The zero-order valence-corrected chi connectivity index (χ0v) is 20.3. The third-order valence-electron chi connectivity index (χ3n) is 4.73. The molecule has 178 valence electrons. The van der Waals surface area contributed by atoms with Gasteiger partial charge in [0.05, 0.1) is 19.4 Å². The summed E-state index contributed by atoms with van der Waals surface area (Å²) in [4.78, 5) is 25.2. The average molecular weight is 474 g/mol. The summed E-state index contributed by atoms with van der Waals surface area (Å²) in [6.45, 7) is 8.82. The molecule has 7 nitrogen and oxygen atoms in total. The molecule has 0 heterocycles. The lowest BCUT2D eigenvalue weighted by Gasteiger charge is -2.20. The zero-order chi connectivity index (χ0) is 24.2. The van der Waals surface area contributed by atoms with Crippen LogP contribution in [0.4, 0.5) is 0 Å². The molecule has 2 N–H and O–H groups in total. The number of halogens is 1. The normalized spacial score (nSPS) is 11.9. The number of nitrogens with one attached hydrogen (secondary N) is 2. The Hall–Kier alpha value is -3.06. The van der Waals surface area contributed by atoms with Gasteiger partial charge in [-0.1, -0.05) is 44.9 Å². The van der Waals surface area contributed by atoms with Crippen LogP contribution in [0.25, 0.3) is 0 Å². The largest absolute Gasteiger partial charge is 0.490 e. The van der Waals surface area contributed by atoms with Crippen molar-refractivity contribution < 1.29 is 19.1 Å². The van der Waals surface area contributed by atoms with Gasteiger partial charge in [0.1, 0.15) is 6.04 Å². The summed E-state index contributed by atoms with van der Waals surface area (Å²) in [5, 5.41) is 7.25. The standard InChI is InChI=1S/C25H32ClN3O4/c1-5-7-13-33-21-12-11-18(14-22(21)32-6-2)16-27-29-25(31)23(17(3)4)28-24(30)19-9-8-10-20(26)15-19/h8-12,14-17,23H,5-7,13H2,1-4H3,(H,28,30)(H,29,31). The molecule has 2 rings (SSSR count). The van der Waals surface area contributed by atoms with Gasteiger partial charge in [0.25, 0.3) is 11.8 Å². The summed E-state index contributed by atoms with van der Waals surface area (Å²) < 4.78 is 11.4. The second-order valence-electron chi connectivity index (χ2n) is 7.78. The van der Waals surface area contributed by atoms with Crippen LogP contribution in [-0.2, 0) is 4.79 Å². The van der Waals surface area contributed by atoms with E-state index in [1.54, 1.807) is 30.3 Å². The van der Waals surface area contributed by atoms with E-state index in [9.17, 15) is 9.59 Å². The van der Waals surface area contributed by atoms with E-state index in [0.717, 1.165) is 18.4 Å². The first-order valence-corrected chi connectivity index (χ1v) is 11.5. The Morgan fingerprint density at radius 3 is 2.55 bits per heavy atom. The molecule has 0 aromatic heterocycles. The summed E-state index contributed by atoms with van der Waals surface area (Å²) in [5.41, 5.74) is 3.63. The minimum atomic E-state index is -0.762. The third-order valence-corrected chi connectivity index (χ3v) is 4.97. The average Bonchev–Trinajstić information content (AvgIpc) is 2.78. The predicted molar refractivity (Wildman–Crippen MR) is 131 cm³/mol. The van der Waals surface area contributed by atoms with Crippen LogP contribution in [0.5, 0.6) is 11.5 Å². The van der Waals surface area contributed by atoms with Crippen LogP contribution in [0.3, 0.4) is 0 Å². The lowest BCUT2D eigenvalue weighted by atomic mass is 10.0. The first-order valence-electron chi connectivity index (χ1n) is 11.1. The van der Waals surface area contributed by atoms with Crippen molar-refractivity contribution in [2.75, 3.05) is 13.2 Å². The number of unbranched alkanes of at least 4 members (excludes halogenated alkanes) is 1. The molecule has 0 aliphatic heterocycles. The number of nitrogens with zero attached hydrogens (tertiary/aromatic N) is 1. The second-order valence-corrected chi connectivity index (χ2v) is 8.22. The van der Waals surface area contributed by atoms with Gasteiger partial charge in [0, 0.05) is 10.6 Å². The number of hydrogen-bond acceptors (Lipinski definition) is 5. The molecule has 0 spiro atoms. The quantitative estimate of drug-likeness (QED) is 0.262. The van der Waals surface area contributed by atoms with E-state index in [-0.39, 0.29) is 11.8 Å². The molecule has 0 aliphatic carbocycles. The fourth-order valence-electron chi connectivity index (χ4n) is 2.95. The molecule has 0 radical (unpaired) electrons. The summed E-state index contributed by atoms with van der Waals surface area (Å²) in [6, 6.07) is 11.3. The highest BCUT2D eigenvalue weighted by molar-refractivity contribution is 6.31. The third kappa shape index (κ3) is 8.42. The minimum Gasteiger partial charge on any atom is -0.490 e. The number of hydrogen-bond donors (Lipinski definition) is 2. The summed E-state index contributed by atoms with van der Waals surface area (Å²) in [5.74, 6) is 0.358. The van der Waals surface area contributed by atoms with Crippen molar-refractivity contribution in [1.82, 2.24) is 10.7 Å². The maximum absolute atomic E-state index is 12.7. The van der Waals surface area contributed by atoms with Crippen molar-refractivity contribution in [2.24, 2.45) is 11.0 Å². The highest BCUT2D eigenvalue weighted by Crippen LogP contribution is 2.28. The van der Waals surface area contributed by atoms with Crippen molar-refractivity contribution in [3.63, 3.8) is 0 Å². The van der Waals surface area contributed by atoms with Crippen molar-refractivity contribution in [3.05, 3.63) is 58.6 Å². The number of benzene rings is 2. The van der Waals surface area contributed by atoms with Crippen LogP contribution in [0.15, 0.2) is 47.6 Å². The van der Waals surface area contributed by atoms with E-state index in [2.05, 4.69) is 22.8 Å². The fraction of sp³-hybridized carbons (Fsp3) is 0.400. The van der Waals surface area contributed by atoms with Gasteiger partial charge in [-0.3, -0.25) is 9.59 Å². The number of carbonyl (C=O) groups is 2. The van der Waals surface area contributed by atoms with Crippen molar-refractivity contribution in [1.29, 1.82) is 0 Å². The van der Waals surface area contributed by atoms with E-state index < -0.39 is 11.9 Å². The van der Waals surface area contributed by atoms with E-state index in [1.807, 2.05) is 32.9 Å². The SMILES string of the molecule is CCCCOc1ccc(C=NNC(=O)C(NC(=O)c2cccc(Cl)c2)C(C)C)cc1OCC. The Morgan fingerprint density at radius 2 is 1.88 bits per heavy atom. The maximum Gasteiger partial charge on any atom is 0.262 e. The fourth-order valence-corrected chi connectivity index (χ4v) is 3.14. The Labute approximate surface area is 200 Å². The van der Waals surface area contributed by atoms with Gasteiger partial charge in [0.15, 0.2) is 11.5 Å². The number of hydrazone groups is 1. The highest BCUT2D eigenvalue weighted by Gasteiger charge is 2.24. The molecule has 0 aliphatic rings. The molecule has 1 unspecified atom stereocenters. The van der Waals surface area contributed by atoms with Crippen molar-refractivity contribution in [3.8, 4) is 11.5 Å². The van der Waals surface area contributed by atoms with E-state index in [1.165, 1.54) is 6.21 Å². The molecular formula is C25H32ClN3O4. The smallest absolute Gasteiger partial charge is 0.262 e. The summed E-state index contributed by atoms with van der Waals surface area (Å²) >= 11 is 5.95. The number of ether oxygens (including phenoxy) is 2. The molecule has 8 heteroatoms. The van der Waals surface area contributed by atoms with Crippen LogP contribution < -0.4 is 20.2 Å². The van der Waals surface area contributed by atoms with E-state index in [0.29, 0.717) is 35.3 Å². The van der Waals surface area contributed by atoms with Crippen LogP contribution in [0.1, 0.15) is 56.5 Å². The van der Waals surface area contributed by atoms with Gasteiger partial charge >= 0.3 is 0 Å². The summed E-state index contributed by atoms with van der Waals surface area (Å²) in [7, 11) is 0. The molecule has 0 saturated carbocycles. The Bertz CT molecular complexity index is 962. The second kappa shape index (κ2) is 13.5. The van der Waals surface area contributed by atoms with Crippen molar-refractivity contribution in [2.45, 2.75) is 46.6 Å². The molecule has 0 fully saturated rings. The molecule has 0 saturated heterocycles. The van der Waals surface area contributed by atoms with E-state index >= 15 is 0 Å². The number of rotatable bonds is 12. The first kappa shape index (κ1) is 26.2. The minimum absolute atomic E-state index is 0.146. The van der Waals surface area contributed by atoms with Gasteiger partial charge < -0.3 is 14.8 Å². The molecule has 2 aromatic carbocycles. The number of carbonyl (C=O) groups excluding carboxylic acids is 2. The lowest BCUT2D eigenvalue weighted by molar-refractivity contribution is -0.123. The Kier molecular flexibility index (Phi) is 10.7. The molecule has 0 bridgehead atoms. The van der Waals surface area contributed by atoms with Crippen LogP contribution in [0.2, 0.25) is 5.02 Å². The lowest BCUT2D eigenvalue weighted by Crippen LogP contribution is -2.48. The monoisotopic (exact) mass is 473 g/mol. The van der Waals surface area contributed by atoms with Gasteiger partial charge in [-0.05, 0) is 61.2 Å². The molecular weight excluding hydrogens is 442 g/mol. The molecule has 2 aromatic rings. The molecule has 33 heavy (non-hydrogen) atoms. The topological polar surface area (TPSA) is 89.0 Å². The van der Waals surface area contributed by atoms with Gasteiger partial charge in [-0.2, -0.15) is 5.10 Å². The van der Waals surface area contributed by atoms with Crippen LogP contribution in [-0.4, -0.2) is 37.3 Å². The van der Waals surface area contributed by atoms with Crippen LogP contribution >= 0.6 is 11.6 Å². The number of amides is 2. The molecule has 2 amide bonds. The maximum atomic E-state index is 12.7. The van der Waals surface area contributed by atoms with Crippen molar-refractivity contribution >= 4 is 29.6 Å². The van der Waals surface area contributed by atoms with Gasteiger partial charge in [-0.15, -0.1) is 0 Å². The van der Waals surface area contributed by atoms with Crippen LogP contribution in [0, 0.1) is 5.92 Å².